The second-order valence-corrected chi connectivity index (χ2v) is 4.99. The van der Waals surface area contributed by atoms with Crippen molar-refractivity contribution in [1.29, 1.82) is 0 Å². The van der Waals surface area contributed by atoms with Gasteiger partial charge in [0, 0.05) is 6.54 Å². The molecule has 0 aliphatic carbocycles. The molecule has 2 aromatic carbocycles. The minimum Gasteiger partial charge on any atom is -0.341 e. The van der Waals surface area contributed by atoms with Gasteiger partial charge in [0.2, 0.25) is 0 Å². The van der Waals surface area contributed by atoms with Crippen LogP contribution in [0.5, 0.6) is 0 Å². The Balaban J connectivity index is 1.70. The van der Waals surface area contributed by atoms with E-state index in [9.17, 15) is 8.78 Å². The van der Waals surface area contributed by atoms with Crippen molar-refractivity contribution >= 4 is 11.0 Å². The first-order valence-corrected chi connectivity index (χ1v) is 6.75. The van der Waals surface area contributed by atoms with Crippen LogP contribution in [0.4, 0.5) is 8.78 Å². The molecule has 3 nitrogen and oxygen atoms in total. The number of hydrogen-bond acceptors (Lipinski definition) is 2. The molecule has 0 radical (unpaired) electrons. The van der Waals surface area contributed by atoms with Gasteiger partial charge in [0.05, 0.1) is 17.1 Å². The molecule has 1 heterocycles. The predicted octanol–water partition coefficient (Wildman–Crippen LogP) is 3.69. The number of rotatable bonds is 4. The van der Waals surface area contributed by atoms with Gasteiger partial charge in [0.1, 0.15) is 5.82 Å². The van der Waals surface area contributed by atoms with Crippen LogP contribution >= 0.6 is 0 Å². The second kappa shape index (κ2) is 5.61. The van der Waals surface area contributed by atoms with E-state index in [1.54, 1.807) is 6.07 Å². The van der Waals surface area contributed by atoms with Gasteiger partial charge in [0.15, 0.2) is 11.6 Å². The van der Waals surface area contributed by atoms with Crippen molar-refractivity contribution in [3.8, 4) is 0 Å². The van der Waals surface area contributed by atoms with Crippen molar-refractivity contribution in [2.24, 2.45) is 0 Å². The molecule has 0 spiro atoms. The van der Waals surface area contributed by atoms with Crippen molar-refractivity contribution in [2.45, 2.75) is 19.5 Å². The Morgan fingerprint density at radius 3 is 2.71 bits per heavy atom. The topological polar surface area (TPSA) is 40.7 Å². The van der Waals surface area contributed by atoms with Crippen LogP contribution < -0.4 is 5.32 Å². The average Bonchev–Trinajstić information content (AvgIpc) is 2.92. The molecule has 0 saturated carbocycles. The summed E-state index contributed by atoms with van der Waals surface area (Å²) in [6.45, 7) is 2.41. The SMILES string of the molecule is CC(NCc1ccc(F)c(F)c1)c1nc2ccccc2[nH]1. The second-order valence-electron chi connectivity index (χ2n) is 4.99. The van der Waals surface area contributed by atoms with Crippen LogP contribution in [0.2, 0.25) is 0 Å². The van der Waals surface area contributed by atoms with Crippen LogP contribution in [0.15, 0.2) is 42.5 Å². The summed E-state index contributed by atoms with van der Waals surface area (Å²) >= 11 is 0. The molecule has 0 amide bonds. The van der Waals surface area contributed by atoms with Gasteiger partial charge in [0.25, 0.3) is 0 Å². The summed E-state index contributed by atoms with van der Waals surface area (Å²) in [5.41, 5.74) is 2.58. The lowest BCUT2D eigenvalue weighted by molar-refractivity contribution is 0.502. The highest BCUT2D eigenvalue weighted by Crippen LogP contribution is 2.16. The third-order valence-corrected chi connectivity index (χ3v) is 3.41. The summed E-state index contributed by atoms with van der Waals surface area (Å²) in [4.78, 5) is 7.75. The molecule has 2 N–H and O–H groups in total. The Hall–Kier alpha value is -2.27. The summed E-state index contributed by atoms with van der Waals surface area (Å²) in [5.74, 6) is -0.839. The fourth-order valence-electron chi connectivity index (χ4n) is 2.19. The number of para-hydroxylation sites is 2. The van der Waals surface area contributed by atoms with Crippen LogP contribution in [0.3, 0.4) is 0 Å². The lowest BCUT2D eigenvalue weighted by Gasteiger charge is -2.11. The van der Waals surface area contributed by atoms with Crippen molar-refractivity contribution in [3.05, 3.63) is 65.5 Å². The molecule has 1 atom stereocenters. The first kappa shape index (κ1) is 13.7. The Kier molecular flexibility index (Phi) is 3.66. The van der Waals surface area contributed by atoms with Gasteiger partial charge >= 0.3 is 0 Å². The molecular formula is C16H15F2N3. The number of nitrogens with one attached hydrogen (secondary N) is 2. The summed E-state index contributed by atoms with van der Waals surface area (Å²) in [6.07, 6.45) is 0. The van der Waals surface area contributed by atoms with E-state index in [4.69, 9.17) is 0 Å². The molecular weight excluding hydrogens is 272 g/mol. The quantitative estimate of drug-likeness (QED) is 0.768. The number of imidazole rings is 1. The fourth-order valence-corrected chi connectivity index (χ4v) is 2.19. The maximum atomic E-state index is 13.1. The Morgan fingerprint density at radius 2 is 1.95 bits per heavy atom. The molecule has 21 heavy (non-hydrogen) atoms. The zero-order valence-corrected chi connectivity index (χ0v) is 11.5. The van der Waals surface area contributed by atoms with E-state index < -0.39 is 11.6 Å². The van der Waals surface area contributed by atoms with Crippen LogP contribution in [0, 0.1) is 11.6 Å². The van der Waals surface area contributed by atoms with E-state index in [-0.39, 0.29) is 6.04 Å². The number of aromatic amines is 1. The fraction of sp³-hybridized carbons (Fsp3) is 0.188. The molecule has 1 aromatic heterocycles. The van der Waals surface area contributed by atoms with E-state index in [1.807, 2.05) is 31.2 Å². The summed E-state index contributed by atoms with van der Waals surface area (Å²) in [5, 5.41) is 3.24. The van der Waals surface area contributed by atoms with Gasteiger partial charge < -0.3 is 10.3 Å². The molecule has 0 aliphatic rings. The van der Waals surface area contributed by atoms with E-state index in [0.29, 0.717) is 12.1 Å². The number of hydrogen-bond donors (Lipinski definition) is 2. The molecule has 3 aromatic rings. The highest BCUT2D eigenvalue weighted by molar-refractivity contribution is 5.74. The van der Waals surface area contributed by atoms with Gasteiger partial charge in [-0.25, -0.2) is 13.8 Å². The first-order chi connectivity index (χ1) is 10.1. The third-order valence-electron chi connectivity index (χ3n) is 3.41. The van der Waals surface area contributed by atoms with E-state index >= 15 is 0 Å². The van der Waals surface area contributed by atoms with Gasteiger partial charge in [-0.2, -0.15) is 0 Å². The van der Waals surface area contributed by atoms with Crippen molar-refractivity contribution in [2.75, 3.05) is 0 Å². The Morgan fingerprint density at radius 1 is 1.14 bits per heavy atom. The molecule has 0 aliphatic heterocycles. The predicted molar refractivity (Wildman–Crippen MR) is 77.7 cm³/mol. The van der Waals surface area contributed by atoms with Crippen LogP contribution in [-0.2, 0) is 6.54 Å². The molecule has 0 saturated heterocycles. The number of nitrogens with zero attached hydrogens (tertiary/aromatic N) is 1. The zero-order chi connectivity index (χ0) is 14.8. The maximum Gasteiger partial charge on any atom is 0.159 e. The largest absolute Gasteiger partial charge is 0.341 e. The van der Waals surface area contributed by atoms with Crippen LogP contribution in [-0.4, -0.2) is 9.97 Å². The molecule has 108 valence electrons. The number of H-pyrrole nitrogens is 1. The monoisotopic (exact) mass is 287 g/mol. The molecule has 3 rings (SSSR count). The summed E-state index contributed by atoms with van der Waals surface area (Å²) in [7, 11) is 0. The first-order valence-electron chi connectivity index (χ1n) is 6.75. The van der Waals surface area contributed by atoms with E-state index in [0.717, 1.165) is 22.9 Å². The Labute approximate surface area is 121 Å². The lowest BCUT2D eigenvalue weighted by atomic mass is 10.2. The van der Waals surface area contributed by atoms with Gasteiger partial charge in [-0.3, -0.25) is 0 Å². The number of halogens is 2. The van der Waals surface area contributed by atoms with E-state index in [2.05, 4.69) is 15.3 Å². The van der Waals surface area contributed by atoms with Gasteiger partial charge in [-0.15, -0.1) is 0 Å². The van der Waals surface area contributed by atoms with E-state index in [1.165, 1.54) is 6.07 Å². The minimum absolute atomic E-state index is 0.0227. The average molecular weight is 287 g/mol. The standard InChI is InChI=1S/C16H15F2N3/c1-10(16-20-14-4-2-3-5-15(14)21-16)19-9-11-6-7-12(17)13(18)8-11/h2-8,10,19H,9H2,1H3,(H,20,21). The van der Waals surface area contributed by atoms with Crippen molar-refractivity contribution in [1.82, 2.24) is 15.3 Å². The molecule has 0 bridgehead atoms. The van der Waals surface area contributed by atoms with Crippen molar-refractivity contribution in [3.63, 3.8) is 0 Å². The van der Waals surface area contributed by atoms with Gasteiger partial charge in [-0.1, -0.05) is 18.2 Å². The summed E-state index contributed by atoms with van der Waals surface area (Å²) in [6, 6.07) is 11.7. The normalized spacial score (nSPS) is 12.7. The minimum atomic E-state index is -0.830. The third kappa shape index (κ3) is 2.92. The molecule has 5 heteroatoms. The number of fused-ring (bicyclic) bond motifs is 1. The highest BCUT2D eigenvalue weighted by Gasteiger charge is 2.10. The Bertz CT molecular complexity index is 734. The van der Waals surface area contributed by atoms with Crippen molar-refractivity contribution < 1.29 is 8.78 Å². The number of benzene rings is 2. The number of aromatic nitrogens is 2. The van der Waals surface area contributed by atoms with Gasteiger partial charge in [-0.05, 0) is 36.8 Å². The van der Waals surface area contributed by atoms with Crippen LogP contribution in [0.25, 0.3) is 11.0 Å². The summed E-state index contributed by atoms with van der Waals surface area (Å²) < 4.78 is 26.0. The molecule has 0 fully saturated rings. The smallest absolute Gasteiger partial charge is 0.159 e. The molecule has 1 unspecified atom stereocenters. The van der Waals surface area contributed by atoms with Crippen LogP contribution in [0.1, 0.15) is 24.4 Å². The lowest BCUT2D eigenvalue weighted by Crippen LogP contribution is -2.19. The maximum absolute atomic E-state index is 13.1. The zero-order valence-electron chi connectivity index (χ0n) is 11.5. The highest BCUT2D eigenvalue weighted by atomic mass is 19.2.